The molecular weight excluding hydrogens is 216 g/mol. The molecule has 0 amide bonds. The molecule has 0 saturated carbocycles. The second kappa shape index (κ2) is 5.23. The molecule has 0 saturated heterocycles. The maximum absolute atomic E-state index is 10.2. The van der Waals surface area contributed by atoms with Gasteiger partial charge in [-0.3, -0.25) is 4.79 Å². The average molecular weight is 225 g/mol. The van der Waals surface area contributed by atoms with Crippen LogP contribution in [0.2, 0.25) is 5.02 Å². The van der Waals surface area contributed by atoms with E-state index in [0.717, 1.165) is 0 Å². The summed E-state index contributed by atoms with van der Waals surface area (Å²) in [6, 6.07) is 6.82. The summed E-state index contributed by atoms with van der Waals surface area (Å²) in [5, 5.41) is 20.3. The van der Waals surface area contributed by atoms with Crippen LogP contribution in [0.15, 0.2) is 18.2 Å². The average Bonchev–Trinajstić information content (AvgIpc) is 2.17. The normalized spacial score (nSPS) is 9.33. The number of rotatable bonds is 4. The van der Waals surface area contributed by atoms with Gasteiger partial charge in [0.25, 0.3) is 0 Å². The van der Waals surface area contributed by atoms with Crippen LogP contribution >= 0.6 is 11.6 Å². The molecule has 0 aliphatic carbocycles. The molecule has 0 spiro atoms. The van der Waals surface area contributed by atoms with Gasteiger partial charge in [-0.15, -0.1) is 0 Å². The maximum Gasteiger partial charge on any atom is 0.305 e. The first-order chi connectivity index (χ1) is 7.13. The molecule has 0 bridgehead atoms. The zero-order valence-corrected chi connectivity index (χ0v) is 8.58. The van der Waals surface area contributed by atoms with Crippen LogP contribution in [0.5, 0.6) is 0 Å². The number of nitriles is 1. The van der Waals surface area contributed by atoms with Gasteiger partial charge in [0, 0.05) is 12.2 Å². The second-order valence-corrected chi connectivity index (χ2v) is 3.28. The lowest BCUT2D eigenvalue weighted by molar-refractivity contribution is -0.136. The van der Waals surface area contributed by atoms with Gasteiger partial charge in [0.1, 0.15) is 6.07 Å². The van der Waals surface area contributed by atoms with E-state index in [1.165, 1.54) is 0 Å². The predicted molar refractivity (Wildman–Crippen MR) is 56.9 cm³/mol. The van der Waals surface area contributed by atoms with Crippen molar-refractivity contribution in [3.05, 3.63) is 28.8 Å². The fourth-order valence-electron chi connectivity index (χ4n) is 1.03. The third-order valence-electron chi connectivity index (χ3n) is 1.76. The number of carboxylic acids is 1. The van der Waals surface area contributed by atoms with Crippen molar-refractivity contribution in [3.63, 3.8) is 0 Å². The minimum Gasteiger partial charge on any atom is -0.481 e. The largest absolute Gasteiger partial charge is 0.481 e. The highest BCUT2D eigenvalue weighted by atomic mass is 35.5. The Bertz CT molecular complexity index is 412. The summed E-state index contributed by atoms with van der Waals surface area (Å²) < 4.78 is 0. The number of anilines is 1. The fourth-order valence-corrected chi connectivity index (χ4v) is 1.25. The van der Waals surface area contributed by atoms with Crippen LogP contribution in [-0.4, -0.2) is 17.6 Å². The number of hydrogen-bond acceptors (Lipinski definition) is 3. The lowest BCUT2D eigenvalue weighted by Gasteiger charge is -2.05. The Morgan fingerprint density at radius 1 is 1.60 bits per heavy atom. The van der Waals surface area contributed by atoms with Crippen LogP contribution < -0.4 is 5.32 Å². The lowest BCUT2D eigenvalue weighted by atomic mass is 10.2. The first-order valence-corrected chi connectivity index (χ1v) is 4.66. The van der Waals surface area contributed by atoms with E-state index in [4.69, 9.17) is 22.0 Å². The molecule has 5 heteroatoms. The molecule has 0 unspecified atom stereocenters. The third kappa shape index (κ3) is 3.49. The predicted octanol–water partition coefficient (Wildman–Crippen LogP) is 2.10. The standard InChI is InChI=1S/C10H9ClN2O2/c11-9-5-8(2-1-7(9)6-12)13-4-3-10(14)15/h1-2,5,13H,3-4H2,(H,14,15). The molecule has 2 N–H and O–H groups in total. The maximum atomic E-state index is 10.2. The Kier molecular flexibility index (Phi) is 3.95. The molecule has 0 heterocycles. The van der Waals surface area contributed by atoms with E-state index in [-0.39, 0.29) is 6.42 Å². The SMILES string of the molecule is N#Cc1ccc(NCCC(=O)O)cc1Cl. The van der Waals surface area contributed by atoms with Crippen molar-refractivity contribution >= 4 is 23.3 Å². The molecule has 4 nitrogen and oxygen atoms in total. The Labute approximate surface area is 92.1 Å². The number of nitrogens with one attached hydrogen (secondary N) is 1. The van der Waals surface area contributed by atoms with Crippen molar-refractivity contribution in [1.29, 1.82) is 5.26 Å². The van der Waals surface area contributed by atoms with Gasteiger partial charge in [-0.25, -0.2) is 0 Å². The number of benzene rings is 1. The highest BCUT2D eigenvalue weighted by Gasteiger charge is 2.01. The van der Waals surface area contributed by atoms with Crippen molar-refractivity contribution in [1.82, 2.24) is 0 Å². The molecule has 1 aromatic carbocycles. The molecule has 1 rings (SSSR count). The topological polar surface area (TPSA) is 73.1 Å². The zero-order chi connectivity index (χ0) is 11.3. The minimum atomic E-state index is -0.859. The van der Waals surface area contributed by atoms with Crippen molar-refractivity contribution in [2.45, 2.75) is 6.42 Å². The van der Waals surface area contributed by atoms with Crippen LogP contribution in [0.25, 0.3) is 0 Å². The van der Waals surface area contributed by atoms with Gasteiger partial charge >= 0.3 is 5.97 Å². The van der Waals surface area contributed by atoms with Gasteiger partial charge in [0.05, 0.1) is 17.0 Å². The van der Waals surface area contributed by atoms with Gasteiger partial charge in [-0.1, -0.05) is 11.6 Å². The van der Waals surface area contributed by atoms with Crippen LogP contribution in [0.3, 0.4) is 0 Å². The van der Waals surface area contributed by atoms with Crippen LogP contribution in [0, 0.1) is 11.3 Å². The van der Waals surface area contributed by atoms with E-state index in [2.05, 4.69) is 5.32 Å². The number of aliphatic carboxylic acids is 1. The molecule has 0 radical (unpaired) electrons. The summed E-state index contributed by atoms with van der Waals surface area (Å²) in [6.45, 7) is 0.331. The van der Waals surface area contributed by atoms with Gasteiger partial charge in [-0.2, -0.15) is 5.26 Å². The van der Waals surface area contributed by atoms with Crippen LogP contribution in [0.1, 0.15) is 12.0 Å². The van der Waals surface area contributed by atoms with E-state index in [1.807, 2.05) is 6.07 Å². The summed E-state index contributed by atoms with van der Waals surface area (Å²) in [5.74, 6) is -0.859. The quantitative estimate of drug-likeness (QED) is 0.822. The summed E-state index contributed by atoms with van der Waals surface area (Å²) in [6.07, 6.45) is 0.0393. The van der Waals surface area contributed by atoms with Gasteiger partial charge in [-0.05, 0) is 18.2 Å². The first-order valence-electron chi connectivity index (χ1n) is 4.29. The molecule has 0 atom stereocenters. The number of nitrogens with zero attached hydrogens (tertiary/aromatic N) is 1. The fraction of sp³-hybridized carbons (Fsp3) is 0.200. The number of halogens is 1. The van der Waals surface area contributed by atoms with Crippen molar-refractivity contribution < 1.29 is 9.90 Å². The minimum absolute atomic E-state index is 0.0393. The smallest absolute Gasteiger partial charge is 0.305 e. The van der Waals surface area contributed by atoms with Crippen molar-refractivity contribution in [3.8, 4) is 6.07 Å². The number of carboxylic acid groups (broad SMARTS) is 1. The lowest BCUT2D eigenvalue weighted by Crippen LogP contribution is -2.07. The Morgan fingerprint density at radius 2 is 2.33 bits per heavy atom. The van der Waals surface area contributed by atoms with Gasteiger partial charge in [0.15, 0.2) is 0 Å². The Balaban J connectivity index is 2.60. The summed E-state index contributed by atoms with van der Waals surface area (Å²) in [4.78, 5) is 10.2. The van der Waals surface area contributed by atoms with Crippen LogP contribution in [0.4, 0.5) is 5.69 Å². The van der Waals surface area contributed by atoms with Crippen molar-refractivity contribution in [2.75, 3.05) is 11.9 Å². The summed E-state index contributed by atoms with van der Waals surface area (Å²) in [5.41, 5.74) is 1.11. The van der Waals surface area contributed by atoms with E-state index in [9.17, 15) is 4.79 Å². The summed E-state index contributed by atoms with van der Waals surface area (Å²) in [7, 11) is 0. The highest BCUT2D eigenvalue weighted by Crippen LogP contribution is 2.19. The molecule has 15 heavy (non-hydrogen) atoms. The molecule has 78 valence electrons. The zero-order valence-electron chi connectivity index (χ0n) is 7.83. The van der Waals surface area contributed by atoms with Gasteiger partial charge in [0.2, 0.25) is 0 Å². The molecular formula is C10H9ClN2O2. The summed E-state index contributed by atoms with van der Waals surface area (Å²) >= 11 is 5.79. The number of hydrogen-bond donors (Lipinski definition) is 2. The third-order valence-corrected chi connectivity index (χ3v) is 2.07. The Hall–Kier alpha value is -1.73. The molecule has 0 fully saturated rings. The monoisotopic (exact) mass is 224 g/mol. The van der Waals surface area contributed by atoms with Crippen molar-refractivity contribution in [2.24, 2.45) is 0 Å². The van der Waals surface area contributed by atoms with E-state index < -0.39 is 5.97 Å². The molecule has 1 aromatic rings. The highest BCUT2D eigenvalue weighted by molar-refractivity contribution is 6.32. The first kappa shape index (κ1) is 11.3. The molecule has 0 aliphatic heterocycles. The Morgan fingerprint density at radius 3 is 2.87 bits per heavy atom. The van der Waals surface area contributed by atoms with Gasteiger partial charge < -0.3 is 10.4 Å². The molecule has 0 aromatic heterocycles. The van der Waals surface area contributed by atoms with E-state index in [1.54, 1.807) is 18.2 Å². The van der Waals surface area contributed by atoms with E-state index in [0.29, 0.717) is 22.8 Å². The van der Waals surface area contributed by atoms with E-state index >= 15 is 0 Å². The molecule has 0 aliphatic rings. The van der Waals surface area contributed by atoms with Crippen LogP contribution in [-0.2, 0) is 4.79 Å². The second-order valence-electron chi connectivity index (χ2n) is 2.88. The number of carbonyl (C=O) groups is 1.